The van der Waals surface area contributed by atoms with Crippen LogP contribution in [0.3, 0.4) is 0 Å². The highest BCUT2D eigenvalue weighted by molar-refractivity contribution is 6.21. The molecule has 1 aliphatic heterocycles. The van der Waals surface area contributed by atoms with Crippen LogP contribution in [0.2, 0.25) is 0 Å². The number of hydrogen-bond donors (Lipinski definition) is 2. The summed E-state index contributed by atoms with van der Waals surface area (Å²) in [7, 11) is 0. The third-order valence-corrected chi connectivity index (χ3v) is 4.23. The SMILES string of the molecule is C[C@H](NC[C@H](O)CN1C(=O)c2ccccc2C1=O)c1ccccc1. The molecule has 0 saturated heterocycles. The second-order valence-electron chi connectivity index (χ2n) is 5.96. The zero-order valence-electron chi connectivity index (χ0n) is 13.5. The Labute approximate surface area is 140 Å². The van der Waals surface area contributed by atoms with E-state index in [1.165, 1.54) is 0 Å². The first-order chi connectivity index (χ1) is 11.6. The summed E-state index contributed by atoms with van der Waals surface area (Å²) in [6.07, 6.45) is -0.821. The molecule has 0 aromatic heterocycles. The Morgan fingerprint density at radius 2 is 1.50 bits per heavy atom. The van der Waals surface area contributed by atoms with Crippen molar-refractivity contribution in [3.8, 4) is 0 Å². The van der Waals surface area contributed by atoms with Crippen molar-refractivity contribution in [3.05, 3.63) is 71.3 Å². The van der Waals surface area contributed by atoms with E-state index in [4.69, 9.17) is 0 Å². The van der Waals surface area contributed by atoms with Gasteiger partial charge in [0.1, 0.15) is 0 Å². The van der Waals surface area contributed by atoms with Gasteiger partial charge in [0, 0.05) is 12.6 Å². The first-order valence-electron chi connectivity index (χ1n) is 7.99. The molecule has 0 spiro atoms. The van der Waals surface area contributed by atoms with Gasteiger partial charge in [-0.1, -0.05) is 42.5 Å². The van der Waals surface area contributed by atoms with Crippen LogP contribution in [0.15, 0.2) is 54.6 Å². The number of β-amino-alcohol motifs (C(OH)–C–C–N with tert-alkyl or cyclic N) is 1. The van der Waals surface area contributed by atoms with Gasteiger partial charge in [0.05, 0.1) is 23.8 Å². The van der Waals surface area contributed by atoms with Gasteiger partial charge in [-0.25, -0.2) is 0 Å². The highest BCUT2D eigenvalue weighted by Gasteiger charge is 2.35. The van der Waals surface area contributed by atoms with Gasteiger partial charge in [-0.05, 0) is 24.6 Å². The summed E-state index contributed by atoms with van der Waals surface area (Å²) in [6, 6.07) is 16.7. The lowest BCUT2D eigenvalue weighted by atomic mass is 10.1. The molecule has 124 valence electrons. The number of nitrogens with zero attached hydrogens (tertiary/aromatic N) is 1. The number of fused-ring (bicyclic) bond motifs is 1. The summed E-state index contributed by atoms with van der Waals surface area (Å²) in [4.78, 5) is 25.7. The predicted molar refractivity (Wildman–Crippen MR) is 90.7 cm³/mol. The monoisotopic (exact) mass is 324 g/mol. The van der Waals surface area contributed by atoms with Crippen LogP contribution >= 0.6 is 0 Å². The lowest BCUT2D eigenvalue weighted by Gasteiger charge is -2.21. The van der Waals surface area contributed by atoms with Crippen LogP contribution in [0.25, 0.3) is 0 Å². The van der Waals surface area contributed by atoms with Gasteiger partial charge in [-0.3, -0.25) is 14.5 Å². The van der Waals surface area contributed by atoms with Crippen LogP contribution in [0.1, 0.15) is 39.2 Å². The standard InChI is InChI=1S/C19H20N2O3/c1-13(14-7-3-2-4-8-14)20-11-15(22)12-21-18(23)16-9-5-6-10-17(16)19(21)24/h2-10,13,15,20,22H,11-12H2,1H3/t13-,15-/m0/s1. The molecule has 0 bridgehead atoms. The topological polar surface area (TPSA) is 69.6 Å². The van der Waals surface area contributed by atoms with Crippen molar-refractivity contribution < 1.29 is 14.7 Å². The van der Waals surface area contributed by atoms with E-state index in [0.29, 0.717) is 17.7 Å². The highest BCUT2D eigenvalue weighted by atomic mass is 16.3. The van der Waals surface area contributed by atoms with Crippen molar-refractivity contribution in [3.63, 3.8) is 0 Å². The lowest BCUT2D eigenvalue weighted by Crippen LogP contribution is -2.41. The molecule has 2 atom stereocenters. The van der Waals surface area contributed by atoms with E-state index >= 15 is 0 Å². The molecule has 24 heavy (non-hydrogen) atoms. The third-order valence-electron chi connectivity index (χ3n) is 4.23. The maximum Gasteiger partial charge on any atom is 0.261 e. The molecule has 5 nitrogen and oxygen atoms in total. The van der Waals surface area contributed by atoms with Crippen LogP contribution < -0.4 is 5.32 Å². The molecule has 0 saturated carbocycles. The van der Waals surface area contributed by atoms with Gasteiger partial charge in [0.25, 0.3) is 11.8 Å². The number of rotatable bonds is 6. The first kappa shape index (κ1) is 16.4. The van der Waals surface area contributed by atoms with Crippen LogP contribution in [0, 0.1) is 0 Å². The van der Waals surface area contributed by atoms with Gasteiger partial charge in [0.2, 0.25) is 0 Å². The Kier molecular flexibility index (Phi) is 4.74. The largest absolute Gasteiger partial charge is 0.390 e. The zero-order valence-corrected chi connectivity index (χ0v) is 13.5. The number of carbonyl (C=O) groups is 2. The predicted octanol–water partition coefficient (Wildman–Crippen LogP) is 1.99. The minimum Gasteiger partial charge on any atom is -0.390 e. The number of carbonyl (C=O) groups excluding carboxylic acids is 2. The number of hydrogen-bond acceptors (Lipinski definition) is 4. The maximum atomic E-state index is 12.3. The van der Waals surface area contributed by atoms with Crippen LogP contribution in [0.4, 0.5) is 0 Å². The lowest BCUT2D eigenvalue weighted by molar-refractivity contribution is 0.0541. The summed E-state index contributed by atoms with van der Waals surface area (Å²) in [5.41, 5.74) is 1.92. The van der Waals surface area contributed by atoms with Crippen molar-refractivity contribution in [2.24, 2.45) is 0 Å². The average Bonchev–Trinajstić information content (AvgIpc) is 2.86. The minimum absolute atomic E-state index is 0.0130. The molecule has 5 heteroatoms. The second-order valence-corrected chi connectivity index (χ2v) is 5.96. The Morgan fingerprint density at radius 1 is 0.958 bits per heavy atom. The molecule has 2 aromatic carbocycles. The summed E-state index contributed by atoms with van der Waals surface area (Å²) in [6.45, 7) is 2.29. The molecule has 0 aliphatic carbocycles. The van der Waals surface area contributed by atoms with Crippen LogP contribution in [0.5, 0.6) is 0 Å². The van der Waals surface area contributed by atoms with Crippen molar-refractivity contribution in [2.45, 2.75) is 19.1 Å². The summed E-state index contributed by atoms with van der Waals surface area (Å²) in [5, 5.41) is 13.4. The molecule has 2 N–H and O–H groups in total. The number of imide groups is 1. The van der Waals surface area contributed by atoms with Crippen molar-refractivity contribution in [1.82, 2.24) is 10.2 Å². The minimum atomic E-state index is -0.821. The van der Waals surface area contributed by atoms with Crippen molar-refractivity contribution in [2.75, 3.05) is 13.1 Å². The Balaban J connectivity index is 1.57. The molecule has 1 aliphatic rings. The number of aliphatic hydroxyl groups excluding tert-OH is 1. The van der Waals surface area contributed by atoms with Crippen molar-refractivity contribution >= 4 is 11.8 Å². The van der Waals surface area contributed by atoms with Crippen LogP contribution in [-0.2, 0) is 0 Å². The van der Waals surface area contributed by atoms with Gasteiger partial charge < -0.3 is 10.4 Å². The second kappa shape index (κ2) is 6.95. The molecule has 2 amide bonds. The van der Waals surface area contributed by atoms with E-state index in [2.05, 4.69) is 5.32 Å². The zero-order chi connectivity index (χ0) is 17.1. The molecule has 2 aromatic rings. The van der Waals surface area contributed by atoms with Gasteiger partial charge in [0.15, 0.2) is 0 Å². The number of amides is 2. The number of aliphatic hydroxyl groups is 1. The summed E-state index contributed by atoms with van der Waals surface area (Å²) in [5.74, 6) is -0.684. The molecule has 3 rings (SSSR count). The molecule has 0 unspecified atom stereocenters. The highest BCUT2D eigenvalue weighted by Crippen LogP contribution is 2.22. The van der Waals surface area contributed by atoms with E-state index in [-0.39, 0.29) is 24.4 Å². The number of benzene rings is 2. The van der Waals surface area contributed by atoms with E-state index in [1.807, 2.05) is 37.3 Å². The first-order valence-corrected chi connectivity index (χ1v) is 7.99. The maximum absolute atomic E-state index is 12.3. The Morgan fingerprint density at radius 3 is 2.08 bits per heavy atom. The Bertz CT molecular complexity index is 710. The third kappa shape index (κ3) is 3.22. The molecular formula is C19H20N2O3. The molecular weight excluding hydrogens is 304 g/mol. The summed E-state index contributed by atoms with van der Waals surface area (Å²) < 4.78 is 0. The molecule has 0 radical (unpaired) electrons. The fraction of sp³-hybridized carbons (Fsp3) is 0.263. The van der Waals surface area contributed by atoms with E-state index in [0.717, 1.165) is 10.5 Å². The van der Waals surface area contributed by atoms with E-state index < -0.39 is 6.10 Å². The van der Waals surface area contributed by atoms with Gasteiger partial charge in [-0.2, -0.15) is 0 Å². The summed E-state index contributed by atoms with van der Waals surface area (Å²) >= 11 is 0. The normalized spacial score (nSPS) is 16.2. The van der Waals surface area contributed by atoms with Gasteiger partial charge >= 0.3 is 0 Å². The number of nitrogens with one attached hydrogen (secondary N) is 1. The quantitative estimate of drug-likeness (QED) is 0.798. The van der Waals surface area contributed by atoms with E-state index in [1.54, 1.807) is 24.3 Å². The van der Waals surface area contributed by atoms with E-state index in [9.17, 15) is 14.7 Å². The molecule has 1 heterocycles. The smallest absolute Gasteiger partial charge is 0.261 e. The fourth-order valence-electron chi connectivity index (χ4n) is 2.85. The van der Waals surface area contributed by atoms with Gasteiger partial charge in [-0.15, -0.1) is 0 Å². The fourth-order valence-corrected chi connectivity index (χ4v) is 2.85. The molecule has 0 fully saturated rings. The Hall–Kier alpha value is -2.50. The van der Waals surface area contributed by atoms with Crippen LogP contribution in [-0.4, -0.2) is 41.0 Å². The van der Waals surface area contributed by atoms with Crippen molar-refractivity contribution in [1.29, 1.82) is 0 Å². The average molecular weight is 324 g/mol.